The molecule has 2 aromatic heterocycles. The van der Waals surface area contributed by atoms with Crippen molar-refractivity contribution in [3.8, 4) is 11.5 Å². The molecule has 170 valence electrons. The van der Waals surface area contributed by atoms with Crippen molar-refractivity contribution in [1.82, 2.24) is 15.5 Å². The number of aryl methyl sites for hydroxylation is 1. The van der Waals surface area contributed by atoms with E-state index < -0.39 is 23.4 Å². The van der Waals surface area contributed by atoms with Crippen LogP contribution in [0.25, 0.3) is 0 Å². The van der Waals surface area contributed by atoms with Crippen LogP contribution in [0.1, 0.15) is 43.4 Å². The number of carbonyl (C=O) groups excluding carboxylic acids is 2. The van der Waals surface area contributed by atoms with E-state index in [-0.39, 0.29) is 40.4 Å². The summed E-state index contributed by atoms with van der Waals surface area (Å²) in [5.74, 6) is -1.88. The zero-order chi connectivity index (χ0) is 23.3. The summed E-state index contributed by atoms with van der Waals surface area (Å²) < 4.78 is 29.4. The van der Waals surface area contributed by atoms with Crippen molar-refractivity contribution in [3.63, 3.8) is 0 Å². The Bertz CT molecular complexity index is 1100. The fraction of sp³-hybridized carbons (Fsp3) is 0.300. The number of hydrogen-bond donors (Lipinski definition) is 2. The number of carbonyl (C=O) groups is 2. The highest BCUT2D eigenvalue weighted by molar-refractivity contribution is 7.98. The first-order valence-electron chi connectivity index (χ1n) is 9.24. The number of thioether (sulfide) groups is 1. The van der Waals surface area contributed by atoms with Crippen LogP contribution in [0, 0.1) is 12.7 Å². The number of amides is 1. The maximum atomic E-state index is 14.7. The molecule has 0 radical (unpaired) electrons. The molecule has 2 N–H and O–H groups in total. The second-order valence-corrected chi connectivity index (χ2v) is 8.43. The topological polar surface area (TPSA) is 124 Å². The monoisotopic (exact) mass is 481 g/mol. The van der Waals surface area contributed by atoms with Gasteiger partial charge in [0.1, 0.15) is 17.4 Å². The smallest absolute Gasteiger partial charge is 0.341 e. The molecular formula is C20H20FN3O6S2. The molecule has 9 nitrogen and oxygen atoms in total. The number of ether oxygens (including phenoxy) is 2. The van der Waals surface area contributed by atoms with Gasteiger partial charge in [-0.3, -0.25) is 4.79 Å². The van der Waals surface area contributed by atoms with Crippen LogP contribution in [-0.2, 0) is 10.5 Å². The lowest BCUT2D eigenvalue weighted by molar-refractivity contribution is 0.0592. The number of aromatic hydroxyl groups is 1. The first-order chi connectivity index (χ1) is 15.3. The number of esters is 1. The molecule has 1 amide bonds. The predicted octanol–water partition coefficient (Wildman–Crippen LogP) is 3.48. The van der Waals surface area contributed by atoms with Crippen molar-refractivity contribution in [2.24, 2.45) is 0 Å². The van der Waals surface area contributed by atoms with Gasteiger partial charge in [-0.25, -0.2) is 9.18 Å². The minimum Gasteiger partial charge on any atom is -0.507 e. The minimum atomic E-state index is -0.942. The Kier molecular flexibility index (Phi) is 7.70. The second-order valence-electron chi connectivity index (χ2n) is 6.46. The average Bonchev–Trinajstić information content (AvgIpc) is 3.46. The molecule has 12 heteroatoms. The molecule has 0 saturated carbocycles. The van der Waals surface area contributed by atoms with Gasteiger partial charge in [-0.15, -0.1) is 11.3 Å². The van der Waals surface area contributed by atoms with E-state index in [2.05, 4.69) is 20.2 Å². The van der Waals surface area contributed by atoms with Crippen LogP contribution in [0.5, 0.6) is 11.5 Å². The summed E-state index contributed by atoms with van der Waals surface area (Å²) in [5, 5.41) is 18.7. The fourth-order valence-corrected chi connectivity index (χ4v) is 4.52. The molecule has 0 aliphatic carbocycles. The van der Waals surface area contributed by atoms with E-state index in [1.165, 1.54) is 30.2 Å². The van der Waals surface area contributed by atoms with E-state index in [9.17, 15) is 19.1 Å². The van der Waals surface area contributed by atoms with Gasteiger partial charge in [0.2, 0.25) is 5.89 Å². The highest BCUT2D eigenvalue weighted by Crippen LogP contribution is 2.35. The zero-order valence-corrected chi connectivity index (χ0v) is 19.0. The Morgan fingerprint density at radius 2 is 2.19 bits per heavy atom. The van der Waals surface area contributed by atoms with Gasteiger partial charge in [0.05, 0.1) is 19.1 Å². The molecule has 32 heavy (non-hydrogen) atoms. The van der Waals surface area contributed by atoms with Crippen LogP contribution in [0.15, 0.2) is 28.1 Å². The maximum absolute atomic E-state index is 14.7. The van der Waals surface area contributed by atoms with Crippen molar-refractivity contribution in [2.75, 3.05) is 20.0 Å². The van der Waals surface area contributed by atoms with E-state index in [0.717, 1.165) is 13.2 Å². The largest absolute Gasteiger partial charge is 0.507 e. The Labute approximate surface area is 190 Å². The lowest BCUT2D eigenvalue weighted by atomic mass is 10.1. The molecule has 0 spiro atoms. The first kappa shape index (κ1) is 23.5. The average molecular weight is 482 g/mol. The molecule has 3 rings (SSSR count). The Hall–Kier alpha value is -3.12. The highest BCUT2D eigenvalue weighted by Gasteiger charge is 2.27. The summed E-state index contributed by atoms with van der Waals surface area (Å²) in [7, 11) is 2.34. The third kappa shape index (κ3) is 5.19. The van der Waals surface area contributed by atoms with Gasteiger partial charge in [0.25, 0.3) is 5.91 Å². The number of thiophene rings is 1. The van der Waals surface area contributed by atoms with Gasteiger partial charge < -0.3 is 24.4 Å². The number of rotatable bonds is 9. The summed E-state index contributed by atoms with van der Waals surface area (Å²) in [6.45, 7) is 1.65. The Morgan fingerprint density at radius 3 is 2.78 bits per heavy atom. The summed E-state index contributed by atoms with van der Waals surface area (Å²) in [4.78, 5) is 29.4. The van der Waals surface area contributed by atoms with E-state index in [1.54, 1.807) is 24.4 Å². The number of aromatic nitrogens is 2. The number of phenols is 1. The second kappa shape index (κ2) is 10.5. The fourth-order valence-electron chi connectivity index (χ4n) is 2.81. The Morgan fingerprint density at radius 1 is 1.41 bits per heavy atom. The van der Waals surface area contributed by atoms with Crippen molar-refractivity contribution in [2.45, 2.75) is 18.7 Å². The molecule has 0 saturated heterocycles. The van der Waals surface area contributed by atoms with E-state index in [4.69, 9.17) is 9.26 Å². The Balaban J connectivity index is 1.80. The number of halogens is 1. The number of hydrogen-bond acceptors (Lipinski definition) is 10. The van der Waals surface area contributed by atoms with Gasteiger partial charge >= 0.3 is 5.97 Å². The summed E-state index contributed by atoms with van der Waals surface area (Å²) in [5.41, 5.74) is -0.366. The van der Waals surface area contributed by atoms with Crippen LogP contribution >= 0.6 is 23.1 Å². The normalized spacial score (nSPS) is 11.8. The van der Waals surface area contributed by atoms with Gasteiger partial charge in [-0.1, -0.05) is 11.2 Å². The first-order valence-corrected chi connectivity index (χ1v) is 11.3. The molecule has 0 bridgehead atoms. The lowest BCUT2D eigenvalue weighted by Crippen LogP contribution is -2.30. The van der Waals surface area contributed by atoms with Crippen molar-refractivity contribution in [3.05, 3.63) is 57.1 Å². The van der Waals surface area contributed by atoms with Gasteiger partial charge in [-0.05, 0) is 18.4 Å². The van der Waals surface area contributed by atoms with Crippen LogP contribution in [0.4, 0.5) is 4.39 Å². The molecule has 3 aromatic rings. The standard InChI is InChI=1S/C20H20FN3O6S2/c1-10-22-19(30-24-10)12(23-18(26)15-5-4-6-32-15)9-31-8-11-13(25)7-14(28-2)17(21)16(11)20(27)29-3/h4-7,12,25H,8-9H2,1-3H3,(H,23,26)/t12-/m0/s1. The molecule has 0 fully saturated rings. The van der Waals surface area contributed by atoms with E-state index >= 15 is 0 Å². The van der Waals surface area contributed by atoms with Gasteiger partial charge in [0.15, 0.2) is 17.4 Å². The number of methoxy groups -OCH3 is 2. The van der Waals surface area contributed by atoms with Crippen LogP contribution in [-0.4, -0.2) is 47.1 Å². The van der Waals surface area contributed by atoms with Crippen molar-refractivity contribution in [1.29, 1.82) is 0 Å². The summed E-state index contributed by atoms with van der Waals surface area (Å²) in [6.07, 6.45) is 0. The molecular weight excluding hydrogens is 461 g/mol. The van der Waals surface area contributed by atoms with Gasteiger partial charge in [-0.2, -0.15) is 16.7 Å². The van der Waals surface area contributed by atoms with E-state index in [0.29, 0.717) is 10.7 Å². The molecule has 0 aliphatic rings. The molecule has 0 aliphatic heterocycles. The molecule has 2 heterocycles. The SMILES string of the molecule is COC(=O)c1c(F)c(OC)cc(O)c1CSC[C@H](NC(=O)c1cccs1)c1nc(C)no1. The molecule has 0 unspecified atom stereocenters. The maximum Gasteiger partial charge on any atom is 0.341 e. The number of benzene rings is 1. The number of nitrogens with zero attached hydrogens (tertiary/aromatic N) is 2. The number of nitrogens with one attached hydrogen (secondary N) is 1. The molecule has 1 aromatic carbocycles. The molecule has 1 atom stereocenters. The summed E-state index contributed by atoms with van der Waals surface area (Å²) >= 11 is 2.51. The van der Waals surface area contributed by atoms with Crippen molar-refractivity contribution >= 4 is 35.0 Å². The van der Waals surface area contributed by atoms with Crippen LogP contribution < -0.4 is 10.1 Å². The van der Waals surface area contributed by atoms with Crippen molar-refractivity contribution < 1.29 is 33.1 Å². The third-order valence-electron chi connectivity index (χ3n) is 4.35. The quantitative estimate of drug-likeness (QED) is 0.442. The van der Waals surface area contributed by atoms with Crippen LogP contribution in [0.2, 0.25) is 0 Å². The highest BCUT2D eigenvalue weighted by atomic mass is 32.2. The zero-order valence-electron chi connectivity index (χ0n) is 17.4. The predicted molar refractivity (Wildman–Crippen MR) is 116 cm³/mol. The summed E-state index contributed by atoms with van der Waals surface area (Å²) in [6, 6.07) is 3.89. The van der Waals surface area contributed by atoms with E-state index in [1.807, 2.05) is 0 Å². The third-order valence-corrected chi connectivity index (χ3v) is 6.28. The minimum absolute atomic E-state index is 0.0374. The number of phenolic OH excluding ortho intramolecular Hbond substituents is 1. The van der Waals surface area contributed by atoms with Gasteiger partial charge in [0, 0.05) is 23.1 Å². The lowest BCUT2D eigenvalue weighted by Gasteiger charge is -2.16. The van der Waals surface area contributed by atoms with Crippen LogP contribution in [0.3, 0.4) is 0 Å².